The molecule has 1 heteroatoms. The van der Waals surface area contributed by atoms with Crippen LogP contribution >= 0.6 is 0 Å². The van der Waals surface area contributed by atoms with Crippen molar-refractivity contribution in [2.24, 2.45) is 5.92 Å². The van der Waals surface area contributed by atoms with Gasteiger partial charge in [0, 0.05) is 12.2 Å². The molecule has 0 aromatic rings. The molecule has 0 aromatic carbocycles. The van der Waals surface area contributed by atoms with Crippen LogP contribution in [0, 0.1) is 5.92 Å². The monoisotopic (exact) mass is 181 g/mol. The molecular weight excluding hydrogens is 158 g/mol. The highest BCUT2D eigenvalue weighted by molar-refractivity contribution is 4.93. The molecule has 0 aliphatic rings. The van der Waals surface area contributed by atoms with Gasteiger partial charge in [0.1, 0.15) is 0 Å². The smallest absolute Gasteiger partial charge is 0.0143 e. The standard InChI is InChI=1S/C12H23N/c1-10(2)12(5)8-6-7-9-13-11(3)4/h12-13H,1,3,6-9H2,2,4-5H3/t12-/m1/s1. The summed E-state index contributed by atoms with van der Waals surface area (Å²) >= 11 is 0. The first kappa shape index (κ1) is 12.3. The molecular formula is C12H23N. The van der Waals surface area contributed by atoms with Crippen molar-refractivity contribution in [1.82, 2.24) is 5.32 Å². The Balaban J connectivity index is 3.26. The van der Waals surface area contributed by atoms with Crippen LogP contribution in [0.15, 0.2) is 24.4 Å². The maximum Gasteiger partial charge on any atom is 0.0143 e. The molecule has 1 N–H and O–H groups in total. The molecule has 0 radical (unpaired) electrons. The fourth-order valence-electron chi connectivity index (χ4n) is 1.12. The van der Waals surface area contributed by atoms with Crippen molar-refractivity contribution in [3.05, 3.63) is 24.4 Å². The van der Waals surface area contributed by atoms with E-state index in [4.69, 9.17) is 0 Å². The Morgan fingerprint density at radius 1 is 1.23 bits per heavy atom. The first-order chi connectivity index (χ1) is 6.04. The van der Waals surface area contributed by atoms with Crippen LogP contribution in [0.4, 0.5) is 0 Å². The first-order valence-corrected chi connectivity index (χ1v) is 5.08. The van der Waals surface area contributed by atoms with E-state index in [9.17, 15) is 0 Å². The van der Waals surface area contributed by atoms with Crippen molar-refractivity contribution >= 4 is 0 Å². The highest BCUT2D eigenvalue weighted by atomic mass is 14.9. The van der Waals surface area contributed by atoms with Crippen LogP contribution in [0.5, 0.6) is 0 Å². The first-order valence-electron chi connectivity index (χ1n) is 5.08. The predicted octanol–water partition coefficient (Wildman–Crippen LogP) is 3.49. The van der Waals surface area contributed by atoms with Gasteiger partial charge in [0.05, 0.1) is 0 Å². The second-order valence-electron chi connectivity index (χ2n) is 3.95. The molecule has 13 heavy (non-hydrogen) atoms. The quantitative estimate of drug-likeness (QED) is 0.468. The van der Waals surface area contributed by atoms with Crippen molar-refractivity contribution in [2.75, 3.05) is 6.54 Å². The van der Waals surface area contributed by atoms with E-state index in [1.807, 2.05) is 6.92 Å². The number of hydrogen-bond acceptors (Lipinski definition) is 1. The summed E-state index contributed by atoms with van der Waals surface area (Å²) in [5.74, 6) is 0.671. The highest BCUT2D eigenvalue weighted by Gasteiger charge is 2.00. The molecule has 0 aliphatic carbocycles. The summed E-state index contributed by atoms with van der Waals surface area (Å²) in [7, 11) is 0. The van der Waals surface area contributed by atoms with Crippen molar-refractivity contribution in [1.29, 1.82) is 0 Å². The summed E-state index contributed by atoms with van der Waals surface area (Å²) in [6.07, 6.45) is 3.76. The summed E-state index contributed by atoms with van der Waals surface area (Å²) in [5.41, 5.74) is 2.36. The summed E-state index contributed by atoms with van der Waals surface area (Å²) in [6.45, 7) is 15.1. The fraction of sp³-hybridized carbons (Fsp3) is 0.667. The fourth-order valence-corrected chi connectivity index (χ4v) is 1.12. The van der Waals surface area contributed by atoms with E-state index in [0.717, 1.165) is 12.2 Å². The molecule has 0 saturated heterocycles. The minimum atomic E-state index is 0.671. The van der Waals surface area contributed by atoms with Crippen LogP contribution in [0.25, 0.3) is 0 Å². The van der Waals surface area contributed by atoms with E-state index < -0.39 is 0 Å². The Morgan fingerprint density at radius 3 is 2.31 bits per heavy atom. The Hall–Kier alpha value is -0.720. The van der Waals surface area contributed by atoms with Gasteiger partial charge in [-0.25, -0.2) is 0 Å². The normalized spacial score (nSPS) is 12.2. The van der Waals surface area contributed by atoms with Crippen molar-refractivity contribution in [2.45, 2.75) is 40.0 Å². The summed E-state index contributed by atoms with van der Waals surface area (Å²) in [6, 6.07) is 0. The van der Waals surface area contributed by atoms with Crippen molar-refractivity contribution in [3.63, 3.8) is 0 Å². The molecule has 0 unspecified atom stereocenters. The molecule has 1 nitrogen and oxygen atoms in total. The predicted molar refractivity (Wildman–Crippen MR) is 60.6 cm³/mol. The molecule has 0 amide bonds. The minimum Gasteiger partial charge on any atom is -0.389 e. The second-order valence-corrected chi connectivity index (χ2v) is 3.95. The Bertz CT molecular complexity index is 170. The highest BCUT2D eigenvalue weighted by Crippen LogP contribution is 2.14. The molecule has 0 aromatic heterocycles. The Morgan fingerprint density at radius 2 is 1.85 bits per heavy atom. The number of rotatable bonds is 7. The maximum absolute atomic E-state index is 3.95. The van der Waals surface area contributed by atoms with Crippen LogP contribution in [0.2, 0.25) is 0 Å². The average molecular weight is 181 g/mol. The van der Waals surface area contributed by atoms with E-state index in [2.05, 4.69) is 32.3 Å². The summed E-state index contributed by atoms with van der Waals surface area (Å²) in [4.78, 5) is 0. The summed E-state index contributed by atoms with van der Waals surface area (Å²) < 4.78 is 0. The lowest BCUT2D eigenvalue weighted by Crippen LogP contribution is -2.11. The molecule has 0 rings (SSSR count). The lowest BCUT2D eigenvalue weighted by Gasteiger charge is -2.10. The van der Waals surface area contributed by atoms with E-state index in [0.29, 0.717) is 5.92 Å². The molecule has 0 saturated carbocycles. The van der Waals surface area contributed by atoms with Gasteiger partial charge in [0.15, 0.2) is 0 Å². The van der Waals surface area contributed by atoms with E-state index in [1.165, 1.54) is 24.8 Å². The second kappa shape index (κ2) is 6.76. The van der Waals surface area contributed by atoms with Gasteiger partial charge >= 0.3 is 0 Å². The van der Waals surface area contributed by atoms with Crippen molar-refractivity contribution < 1.29 is 0 Å². The number of allylic oxidation sites excluding steroid dienone is 2. The third-order valence-electron chi connectivity index (χ3n) is 2.33. The van der Waals surface area contributed by atoms with E-state index in [-0.39, 0.29) is 0 Å². The lowest BCUT2D eigenvalue weighted by molar-refractivity contribution is 0.550. The molecule has 0 aliphatic heterocycles. The minimum absolute atomic E-state index is 0.671. The molecule has 0 heterocycles. The van der Waals surface area contributed by atoms with Gasteiger partial charge in [-0.15, -0.1) is 0 Å². The van der Waals surface area contributed by atoms with Gasteiger partial charge in [-0.1, -0.05) is 32.1 Å². The number of unbranched alkanes of at least 4 members (excludes halogenated alkanes) is 1. The van der Waals surface area contributed by atoms with Gasteiger partial charge in [-0.05, 0) is 32.6 Å². The van der Waals surface area contributed by atoms with Gasteiger partial charge in [0.2, 0.25) is 0 Å². The molecule has 0 spiro atoms. The van der Waals surface area contributed by atoms with E-state index >= 15 is 0 Å². The Kier molecular flexibility index (Phi) is 6.38. The van der Waals surface area contributed by atoms with Gasteiger partial charge in [0.25, 0.3) is 0 Å². The van der Waals surface area contributed by atoms with Crippen molar-refractivity contribution in [3.8, 4) is 0 Å². The molecule has 1 atom stereocenters. The van der Waals surface area contributed by atoms with Crippen LogP contribution in [0.3, 0.4) is 0 Å². The SMILES string of the molecule is C=C(C)NCCCC[C@@H](C)C(=C)C. The van der Waals surface area contributed by atoms with Crippen LogP contribution in [-0.4, -0.2) is 6.54 Å². The lowest BCUT2D eigenvalue weighted by atomic mass is 9.98. The van der Waals surface area contributed by atoms with Gasteiger partial charge < -0.3 is 5.32 Å². The third kappa shape index (κ3) is 7.63. The van der Waals surface area contributed by atoms with Crippen LogP contribution in [-0.2, 0) is 0 Å². The van der Waals surface area contributed by atoms with Crippen LogP contribution < -0.4 is 5.32 Å². The summed E-state index contributed by atoms with van der Waals surface area (Å²) in [5, 5.41) is 3.23. The zero-order chi connectivity index (χ0) is 10.3. The van der Waals surface area contributed by atoms with Gasteiger partial charge in [-0.3, -0.25) is 0 Å². The molecule has 76 valence electrons. The zero-order valence-electron chi connectivity index (χ0n) is 9.32. The Labute approximate surface area is 82.9 Å². The number of nitrogens with one attached hydrogen (secondary N) is 1. The largest absolute Gasteiger partial charge is 0.389 e. The molecule has 0 bridgehead atoms. The zero-order valence-corrected chi connectivity index (χ0v) is 9.32. The molecule has 0 fully saturated rings. The maximum atomic E-state index is 3.95. The average Bonchev–Trinajstić information content (AvgIpc) is 2.02. The van der Waals surface area contributed by atoms with E-state index in [1.54, 1.807) is 0 Å². The number of hydrogen-bond donors (Lipinski definition) is 1. The van der Waals surface area contributed by atoms with Crippen LogP contribution in [0.1, 0.15) is 40.0 Å². The third-order valence-corrected chi connectivity index (χ3v) is 2.33. The topological polar surface area (TPSA) is 12.0 Å². The van der Waals surface area contributed by atoms with Gasteiger partial charge in [-0.2, -0.15) is 0 Å².